The van der Waals surface area contributed by atoms with E-state index in [1.807, 2.05) is 6.92 Å². The molecule has 0 spiro atoms. The normalized spacial score (nSPS) is 10.6. The summed E-state index contributed by atoms with van der Waals surface area (Å²) in [7, 11) is 1.61. The highest BCUT2D eigenvalue weighted by molar-refractivity contribution is 5.92. The lowest BCUT2D eigenvalue weighted by molar-refractivity contribution is 0.331. The molecule has 19 heavy (non-hydrogen) atoms. The van der Waals surface area contributed by atoms with E-state index in [0.29, 0.717) is 16.6 Å². The summed E-state index contributed by atoms with van der Waals surface area (Å²) in [5, 5.41) is 10.8. The molecule has 0 aliphatic carbocycles. The van der Waals surface area contributed by atoms with E-state index in [1.165, 1.54) is 10.6 Å². The van der Waals surface area contributed by atoms with Gasteiger partial charge in [0.25, 0.3) is 5.56 Å². The van der Waals surface area contributed by atoms with E-state index in [0.717, 1.165) is 5.56 Å². The number of pyridine rings is 1. The number of nitrogens with zero attached hydrogens (tertiary/aromatic N) is 1. The lowest BCUT2D eigenvalue weighted by atomic mass is 10.1. The quantitative estimate of drug-likeness (QED) is 0.650. The fourth-order valence-electron chi connectivity index (χ4n) is 2.12. The van der Waals surface area contributed by atoms with Crippen LogP contribution in [-0.2, 0) is 7.05 Å². The van der Waals surface area contributed by atoms with Gasteiger partial charge in [0.05, 0.1) is 5.52 Å². The van der Waals surface area contributed by atoms with Crippen molar-refractivity contribution < 1.29 is 9.84 Å². The predicted octanol–water partition coefficient (Wildman–Crippen LogP) is 1.70. The van der Waals surface area contributed by atoms with Gasteiger partial charge in [-0.25, -0.2) is 0 Å². The second-order valence-corrected chi connectivity index (χ2v) is 4.37. The molecule has 0 saturated carbocycles. The second kappa shape index (κ2) is 4.68. The Morgan fingerprint density at radius 3 is 2.84 bits per heavy atom. The Morgan fingerprint density at radius 1 is 1.53 bits per heavy atom. The summed E-state index contributed by atoms with van der Waals surface area (Å²) in [6.45, 7) is 5.49. The molecule has 0 fully saturated rings. The average Bonchev–Trinajstić information content (AvgIpc) is 2.35. The van der Waals surface area contributed by atoms with Gasteiger partial charge in [-0.1, -0.05) is 12.7 Å². The number of aromatic nitrogens is 1. The maximum Gasteiger partial charge on any atom is 0.297 e. The molecular weight excluding hydrogens is 244 g/mol. The van der Waals surface area contributed by atoms with E-state index >= 15 is 0 Å². The molecule has 1 heterocycles. The SMILES string of the molecule is C=CCOc1c(O)c2c(C)cc(N)cc2n(C)c1=O. The van der Waals surface area contributed by atoms with Crippen molar-refractivity contribution in [3.8, 4) is 11.5 Å². The van der Waals surface area contributed by atoms with Crippen molar-refractivity contribution in [2.45, 2.75) is 6.92 Å². The Bertz CT molecular complexity index is 717. The van der Waals surface area contributed by atoms with Gasteiger partial charge in [-0.2, -0.15) is 0 Å². The molecule has 0 saturated heterocycles. The zero-order valence-electron chi connectivity index (χ0n) is 10.9. The fraction of sp³-hybridized carbons (Fsp3) is 0.214. The van der Waals surface area contributed by atoms with Gasteiger partial charge >= 0.3 is 0 Å². The number of aryl methyl sites for hydroxylation is 2. The Hall–Kier alpha value is -2.43. The summed E-state index contributed by atoms with van der Waals surface area (Å²) in [4.78, 5) is 12.1. The van der Waals surface area contributed by atoms with Gasteiger partial charge in [-0.05, 0) is 24.6 Å². The van der Waals surface area contributed by atoms with Crippen LogP contribution in [0.4, 0.5) is 5.69 Å². The van der Waals surface area contributed by atoms with E-state index in [1.54, 1.807) is 19.2 Å². The average molecular weight is 260 g/mol. The van der Waals surface area contributed by atoms with Crippen LogP contribution >= 0.6 is 0 Å². The second-order valence-electron chi connectivity index (χ2n) is 4.37. The lowest BCUT2D eigenvalue weighted by Crippen LogP contribution is -2.20. The summed E-state index contributed by atoms with van der Waals surface area (Å²) in [6, 6.07) is 3.39. The van der Waals surface area contributed by atoms with Crippen molar-refractivity contribution in [3.05, 3.63) is 40.7 Å². The van der Waals surface area contributed by atoms with E-state index in [-0.39, 0.29) is 18.1 Å². The topological polar surface area (TPSA) is 77.5 Å². The molecule has 0 unspecified atom stereocenters. The van der Waals surface area contributed by atoms with Crippen LogP contribution in [0.25, 0.3) is 10.9 Å². The summed E-state index contributed by atoms with van der Waals surface area (Å²) < 4.78 is 6.67. The molecule has 0 aliphatic rings. The van der Waals surface area contributed by atoms with Gasteiger partial charge in [0.15, 0.2) is 5.75 Å². The Labute approximate surface area is 110 Å². The number of hydrogen-bond acceptors (Lipinski definition) is 4. The number of nitrogen functional groups attached to an aromatic ring is 1. The third-order valence-electron chi connectivity index (χ3n) is 2.99. The Morgan fingerprint density at radius 2 is 2.21 bits per heavy atom. The summed E-state index contributed by atoms with van der Waals surface area (Å²) in [6.07, 6.45) is 1.51. The van der Waals surface area contributed by atoms with Crippen molar-refractivity contribution in [2.75, 3.05) is 12.3 Å². The van der Waals surface area contributed by atoms with Gasteiger partial charge in [0.2, 0.25) is 5.75 Å². The largest absolute Gasteiger partial charge is 0.504 e. The number of hydrogen-bond donors (Lipinski definition) is 2. The zero-order chi connectivity index (χ0) is 14.2. The van der Waals surface area contributed by atoms with Gasteiger partial charge in [-0.15, -0.1) is 0 Å². The first-order valence-corrected chi connectivity index (χ1v) is 5.82. The highest BCUT2D eigenvalue weighted by Crippen LogP contribution is 2.34. The molecule has 0 amide bonds. The van der Waals surface area contributed by atoms with E-state index in [9.17, 15) is 9.90 Å². The van der Waals surface area contributed by atoms with E-state index in [4.69, 9.17) is 10.5 Å². The molecule has 5 heteroatoms. The molecule has 1 aromatic carbocycles. The van der Waals surface area contributed by atoms with Gasteiger partial charge < -0.3 is 20.1 Å². The van der Waals surface area contributed by atoms with Crippen LogP contribution in [0.2, 0.25) is 0 Å². The third kappa shape index (κ3) is 2.03. The smallest absolute Gasteiger partial charge is 0.297 e. The lowest BCUT2D eigenvalue weighted by Gasteiger charge is -2.14. The molecule has 3 N–H and O–H groups in total. The molecule has 2 rings (SSSR count). The van der Waals surface area contributed by atoms with Crippen LogP contribution in [-0.4, -0.2) is 16.3 Å². The van der Waals surface area contributed by atoms with Crippen LogP contribution in [0.15, 0.2) is 29.6 Å². The summed E-state index contributed by atoms with van der Waals surface area (Å²) in [5.74, 6) is -0.222. The number of ether oxygens (including phenoxy) is 1. The third-order valence-corrected chi connectivity index (χ3v) is 2.99. The highest BCUT2D eigenvalue weighted by Gasteiger charge is 2.17. The van der Waals surface area contributed by atoms with Crippen molar-refractivity contribution in [2.24, 2.45) is 7.05 Å². The Balaban J connectivity index is 2.88. The maximum absolute atomic E-state index is 12.1. The van der Waals surface area contributed by atoms with Gasteiger partial charge in [-0.3, -0.25) is 4.79 Å². The first-order valence-electron chi connectivity index (χ1n) is 5.82. The predicted molar refractivity (Wildman–Crippen MR) is 75.7 cm³/mol. The first-order chi connectivity index (χ1) is 8.97. The summed E-state index contributed by atoms with van der Waals surface area (Å²) in [5.41, 5.74) is 7.26. The molecule has 0 radical (unpaired) electrons. The van der Waals surface area contributed by atoms with E-state index in [2.05, 4.69) is 6.58 Å². The van der Waals surface area contributed by atoms with Crippen molar-refractivity contribution in [1.82, 2.24) is 4.57 Å². The molecule has 100 valence electrons. The number of nitrogens with two attached hydrogens (primary N) is 1. The first kappa shape index (κ1) is 13.0. The number of rotatable bonds is 3. The molecule has 0 bridgehead atoms. The molecular formula is C14H16N2O3. The van der Waals surface area contributed by atoms with Crippen LogP contribution in [0, 0.1) is 6.92 Å². The van der Waals surface area contributed by atoms with Crippen LogP contribution in [0.1, 0.15) is 5.56 Å². The number of aromatic hydroxyl groups is 1. The monoisotopic (exact) mass is 260 g/mol. The van der Waals surface area contributed by atoms with Crippen LogP contribution in [0.3, 0.4) is 0 Å². The molecule has 5 nitrogen and oxygen atoms in total. The number of anilines is 1. The highest BCUT2D eigenvalue weighted by atomic mass is 16.5. The fourth-order valence-corrected chi connectivity index (χ4v) is 2.12. The maximum atomic E-state index is 12.1. The number of fused-ring (bicyclic) bond motifs is 1. The van der Waals surface area contributed by atoms with Crippen molar-refractivity contribution >= 4 is 16.6 Å². The molecule has 2 aromatic rings. The minimum absolute atomic E-state index is 0.0669. The zero-order valence-corrected chi connectivity index (χ0v) is 10.9. The van der Waals surface area contributed by atoms with Crippen LogP contribution < -0.4 is 16.0 Å². The van der Waals surface area contributed by atoms with Crippen molar-refractivity contribution in [1.29, 1.82) is 0 Å². The van der Waals surface area contributed by atoms with Gasteiger partial charge in [0, 0.05) is 18.1 Å². The Kier molecular flexibility index (Phi) is 3.21. The molecule has 0 atom stereocenters. The standard InChI is InChI=1S/C14H16N2O3/c1-4-5-19-13-12(17)11-8(2)6-9(15)7-10(11)16(3)14(13)18/h4,6-7,17H,1,5,15H2,2-3H3. The number of benzene rings is 1. The van der Waals surface area contributed by atoms with Gasteiger partial charge in [0.1, 0.15) is 6.61 Å². The molecule has 1 aromatic heterocycles. The summed E-state index contributed by atoms with van der Waals surface area (Å²) >= 11 is 0. The molecule has 0 aliphatic heterocycles. The minimum atomic E-state index is -0.406. The minimum Gasteiger partial charge on any atom is -0.504 e. The van der Waals surface area contributed by atoms with Crippen molar-refractivity contribution in [3.63, 3.8) is 0 Å². The van der Waals surface area contributed by atoms with E-state index < -0.39 is 5.56 Å². The van der Waals surface area contributed by atoms with Crippen LogP contribution in [0.5, 0.6) is 11.5 Å².